The summed E-state index contributed by atoms with van der Waals surface area (Å²) in [6.45, 7) is 4.68. The summed E-state index contributed by atoms with van der Waals surface area (Å²) < 4.78 is 5.26. The summed E-state index contributed by atoms with van der Waals surface area (Å²) in [5.74, 6) is -0.485. The summed E-state index contributed by atoms with van der Waals surface area (Å²) >= 11 is 0. The Kier molecular flexibility index (Phi) is 3.84. The summed E-state index contributed by atoms with van der Waals surface area (Å²) in [6, 6.07) is 1.09. The van der Waals surface area contributed by atoms with Gasteiger partial charge in [0.25, 0.3) is 5.56 Å². The van der Waals surface area contributed by atoms with Crippen LogP contribution in [0.1, 0.15) is 12.7 Å². The molecule has 7 nitrogen and oxygen atoms in total. The zero-order chi connectivity index (χ0) is 14.0. The van der Waals surface area contributed by atoms with Crippen LogP contribution in [-0.2, 0) is 9.53 Å². The summed E-state index contributed by atoms with van der Waals surface area (Å²) in [4.78, 5) is 31.3. The number of aryl methyl sites for hydroxylation is 1. The van der Waals surface area contributed by atoms with Gasteiger partial charge in [0.1, 0.15) is 17.6 Å². The van der Waals surface area contributed by atoms with Gasteiger partial charge in [0, 0.05) is 12.6 Å². The molecule has 0 aliphatic carbocycles. The highest BCUT2D eigenvalue weighted by Gasteiger charge is 2.38. The largest absolute Gasteiger partial charge is 0.481 e. The van der Waals surface area contributed by atoms with Crippen LogP contribution >= 0.6 is 0 Å². The van der Waals surface area contributed by atoms with Crippen molar-refractivity contribution in [3.63, 3.8) is 0 Å². The third-order valence-corrected chi connectivity index (χ3v) is 3.25. The van der Waals surface area contributed by atoms with E-state index in [9.17, 15) is 14.7 Å². The molecule has 0 amide bonds. The normalized spacial score (nSPS) is 22.4. The molecular weight excluding hydrogens is 250 g/mol. The molecule has 1 aromatic rings. The van der Waals surface area contributed by atoms with E-state index >= 15 is 0 Å². The fraction of sp³-hybridized carbons (Fsp3) is 0.583. The van der Waals surface area contributed by atoms with Crippen LogP contribution in [0.15, 0.2) is 10.9 Å². The Hall–Kier alpha value is -1.89. The number of H-pyrrole nitrogens is 1. The first-order chi connectivity index (χ1) is 9.02. The van der Waals surface area contributed by atoms with Crippen LogP contribution in [0.5, 0.6) is 0 Å². The highest BCUT2D eigenvalue weighted by Crippen LogP contribution is 2.23. The molecule has 0 aromatic carbocycles. The number of likely N-dealkylation sites (N-methyl/N-ethyl adjacent to an activating group) is 1. The molecule has 0 saturated carbocycles. The van der Waals surface area contributed by atoms with Gasteiger partial charge < -0.3 is 19.7 Å². The Morgan fingerprint density at radius 1 is 1.63 bits per heavy atom. The maximum atomic E-state index is 11.5. The fourth-order valence-electron chi connectivity index (χ4n) is 2.36. The van der Waals surface area contributed by atoms with Crippen molar-refractivity contribution in [3.8, 4) is 0 Å². The van der Waals surface area contributed by atoms with Crippen molar-refractivity contribution in [2.45, 2.75) is 19.9 Å². The number of rotatable bonds is 4. The smallest absolute Gasteiger partial charge is 0.311 e. The van der Waals surface area contributed by atoms with E-state index in [1.807, 2.05) is 11.8 Å². The van der Waals surface area contributed by atoms with E-state index in [2.05, 4.69) is 9.97 Å². The Morgan fingerprint density at radius 3 is 2.95 bits per heavy atom. The van der Waals surface area contributed by atoms with E-state index in [0.29, 0.717) is 24.8 Å². The summed E-state index contributed by atoms with van der Waals surface area (Å²) in [5.41, 5.74) is -0.244. The number of carbonyl (C=O) groups is 1. The van der Waals surface area contributed by atoms with Crippen molar-refractivity contribution in [2.24, 2.45) is 5.92 Å². The van der Waals surface area contributed by atoms with Gasteiger partial charge in [-0.3, -0.25) is 9.59 Å². The van der Waals surface area contributed by atoms with E-state index in [4.69, 9.17) is 4.74 Å². The maximum absolute atomic E-state index is 11.5. The second kappa shape index (κ2) is 5.40. The van der Waals surface area contributed by atoms with E-state index < -0.39 is 11.9 Å². The van der Waals surface area contributed by atoms with Gasteiger partial charge in [-0.2, -0.15) is 0 Å². The van der Waals surface area contributed by atoms with Crippen LogP contribution in [0.4, 0.5) is 5.82 Å². The van der Waals surface area contributed by atoms with Crippen molar-refractivity contribution < 1.29 is 14.6 Å². The zero-order valence-corrected chi connectivity index (χ0v) is 10.9. The lowest BCUT2D eigenvalue weighted by atomic mass is 10.0. The molecule has 0 spiro atoms. The standard InChI is InChI=1S/C12H17N3O4/c1-3-15(9-6-19-5-8(9)12(17)18)10-4-11(16)14-7(2)13-10/h4,8-9H,3,5-6H2,1-2H3,(H,17,18)(H,13,14,16). The van der Waals surface area contributed by atoms with E-state index in [-0.39, 0.29) is 18.2 Å². The van der Waals surface area contributed by atoms with Crippen LogP contribution in [0.2, 0.25) is 0 Å². The van der Waals surface area contributed by atoms with Crippen molar-refractivity contribution in [1.29, 1.82) is 0 Å². The number of aromatic amines is 1. The van der Waals surface area contributed by atoms with Crippen molar-refractivity contribution >= 4 is 11.8 Å². The van der Waals surface area contributed by atoms with Gasteiger partial charge in [-0.1, -0.05) is 0 Å². The second-order valence-electron chi connectivity index (χ2n) is 4.52. The van der Waals surface area contributed by atoms with Gasteiger partial charge in [0.15, 0.2) is 0 Å². The summed E-state index contributed by atoms with van der Waals surface area (Å²) in [5, 5.41) is 9.19. The van der Waals surface area contributed by atoms with E-state index in [1.54, 1.807) is 6.92 Å². The first-order valence-corrected chi connectivity index (χ1v) is 6.18. The fourth-order valence-corrected chi connectivity index (χ4v) is 2.36. The lowest BCUT2D eigenvalue weighted by Gasteiger charge is -2.30. The molecule has 1 aliphatic rings. The third-order valence-electron chi connectivity index (χ3n) is 3.25. The van der Waals surface area contributed by atoms with Gasteiger partial charge in [-0.05, 0) is 13.8 Å². The van der Waals surface area contributed by atoms with Crippen LogP contribution < -0.4 is 10.5 Å². The van der Waals surface area contributed by atoms with Gasteiger partial charge in [-0.25, -0.2) is 4.98 Å². The van der Waals surface area contributed by atoms with Crippen molar-refractivity contribution in [3.05, 3.63) is 22.2 Å². The predicted octanol–water partition coefficient (Wildman–Crippen LogP) is 0.00422. The van der Waals surface area contributed by atoms with Crippen LogP contribution in [-0.4, -0.2) is 46.8 Å². The molecule has 1 fully saturated rings. The van der Waals surface area contributed by atoms with Crippen LogP contribution in [0.3, 0.4) is 0 Å². The number of ether oxygens (including phenoxy) is 1. The molecule has 1 aromatic heterocycles. The lowest BCUT2D eigenvalue weighted by molar-refractivity contribution is -0.141. The maximum Gasteiger partial charge on any atom is 0.311 e. The lowest BCUT2D eigenvalue weighted by Crippen LogP contribution is -2.44. The highest BCUT2D eigenvalue weighted by molar-refractivity contribution is 5.72. The minimum absolute atomic E-state index is 0.193. The van der Waals surface area contributed by atoms with Crippen molar-refractivity contribution in [2.75, 3.05) is 24.7 Å². The molecule has 7 heteroatoms. The molecule has 1 saturated heterocycles. The number of nitrogens with zero attached hydrogens (tertiary/aromatic N) is 2. The second-order valence-corrected chi connectivity index (χ2v) is 4.52. The SMILES string of the molecule is CCN(c1cc(=O)[nH]c(C)n1)C1COCC1C(=O)O. The minimum Gasteiger partial charge on any atom is -0.481 e. The van der Waals surface area contributed by atoms with Crippen LogP contribution in [0, 0.1) is 12.8 Å². The molecular formula is C12H17N3O4. The van der Waals surface area contributed by atoms with Gasteiger partial charge >= 0.3 is 5.97 Å². The number of carboxylic acids is 1. The number of aromatic nitrogens is 2. The Balaban J connectivity index is 2.33. The number of nitrogens with one attached hydrogen (secondary N) is 1. The monoisotopic (exact) mass is 267 g/mol. The first kappa shape index (κ1) is 13.5. The summed E-state index contributed by atoms with van der Waals surface area (Å²) in [7, 11) is 0. The molecule has 2 heterocycles. The molecule has 104 valence electrons. The van der Waals surface area contributed by atoms with Gasteiger partial charge in [-0.15, -0.1) is 0 Å². The molecule has 2 atom stereocenters. The number of hydrogen-bond donors (Lipinski definition) is 2. The highest BCUT2D eigenvalue weighted by atomic mass is 16.5. The predicted molar refractivity (Wildman–Crippen MR) is 68.3 cm³/mol. The first-order valence-electron chi connectivity index (χ1n) is 6.18. The quantitative estimate of drug-likeness (QED) is 0.797. The van der Waals surface area contributed by atoms with Gasteiger partial charge in [0.05, 0.1) is 19.3 Å². The number of hydrogen-bond acceptors (Lipinski definition) is 5. The minimum atomic E-state index is -0.887. The molecule has 0 radical (unpaired) electrons. The Morgan fingerprint density at radius 2 is 2.37 bits per heavy atom. The Labute approximate surface area is 110 Å². The summed E-state index contributed by atoms with van der Waals surface area (Å²) in [6.07, 6.45) is 0. The molecule has 1 aliphatic heterocycles. The molecule has 2 unspecified atom stereocenters. The average Bonchev–Trinajstić information content (AvgIpc) is 2.78. The zero-order valence-electron chi connectivity index (χ0n) is 10.9. The number of aliphatic carboxylic acids is 1. The van der Waals surface area contributed by atoms with Gasteiger partial charge in [0.2, 0.25) is 0 Å². The topological polar surface area (TPSA) is 95.5 Å². The van der Waals surface area contributed by atoms with E-state index in [1.165, 1.54) is 6.07 Å². The molecule has 0 bridgehead atoms. The molecule has 2 N–H and O–H groups in total. The number of anilines is 1. The molecule has 2 rings (SSSR count). The van der Waals surface area contributed by atoms with Crippen LogP contribution in [0.25, 0.3) is 0 Å². The van der Waals surface area contributed by atoms with E-state index in [0.717, 1.165) is 0 Å². The molecule has 19 heavy (non-hydrogen) atoms. The van der Waals surface area contributed by atoms with Crippen molar-refractivity contribution in [1.82, 2.24) is 9.97 Å². The average molecular weight is 267 g/mol. The number of carboxylic acid groups (broad SMARTS) is 1. The Bertz CT molecular complexity index is 528. The third kappa shape index (κ3) is 2.76.